The average Bonchev–Trinajstić information content (AvgIpc) is 2.59. The van der Waals surface area contributed by atoms with E-state index in [9.17, 15) is 30.6 Å². The summed E-state index contributed by atoms with van der Waals surface area (Å²) in [6.07, 6.45) is -14.3. The summed E-state index contributed by atoms with van der Waals surface area (Å²) >= 11 is 0. The number of hydrogen-bond donors (Lipinski definition) is 7. The van der Waals surface area contributed by atoms with Gasteiger partial charge in [-0.2, -0.15) is 0 Å². The molecule has 0 aliphatic carbocycles. The van der Waals surface area contributed by atoms with Crippen molar-refractivity contribution in [3.8, 4) is 0 Å². The van der Waals surface area contributed by atoms with Gasteiger partial charge in [0, 0.05) is 7.11 Å². The number of aliphatic hydroxyl groups is 7. The Labute approximate surface area is 137 Å². The number of methoxy groups -OCH3 is 1. The maximum absolute atomic E-state index is 10.2. The van der Waals surface area contributed by atoms with Crippen LogP contribution in [0.2, 0.25) is 0 Å². The summed E-state index contributed by atoms with van der Waals surface area (Å²) in [5.74, 6) is 0. The monoisotopic (exact) mass is 356 g/mol. The fourth-order valence-corrected chi connectivity index (χ4v) is 2.75. The van der Waals surface area contributed by atoms with Gasteiger partial charge in [0.2, 0.25) is 0 Å². The molecule has 0 amide bonds. The van der Waals surface area contributed by atoms with Crippen molar-refractivity contribution in [2.75, 3.05) is 20.3 Å². The van der Waals surface area contributed by atoms with Crippen LogP contribution < -0.4 is 0 Å². The van der Waals surface area contributed by atoms with E-state index in [1.54, 1.807) is 0 Å². The maximum atomic E-state index is 10.2. The molecule has 2 aliphatic rings. The van der Waals surface area contributed by atoms with E-state index in [-0.39, 0.29) is 0 Å². The fraction of sp³-hybridized carbons (Fsp3) is 1.00. The molecule has 7 N–H and O–H groups in total. The third-order valence-corrected chi connectivity index (χ3v) is 4.19. The van der Waals surface area contributed by atoms with Crippen molar-refractivity contribution < 1.29 is 54.7 Å². The summed E-state index contributed by atoms with van der Waals surface area (Å²) in [6, 6.07) is 0. The van der Waals surface area contributed by atoms with Gasteiger partial charge in [-0.15, -0.1) is 0 Å². The predicted molar refractivity (Wildman–Crippen MR) is 73.4 cm³/mol. The highest BCUT2D eigenvalue weighted by Crippen LogP contribution is 2.29. The van der Waals surface area contributed by atoms with Crippen molar-refractivity contribution >= 4 is 0 Å². The second-order valence-electron chi connectivity index (χ2n) is 5.74. The molecule has 2 rings (SSSR count). The fourth-order valence-electron chi connectivity index (χ4n) is 2.75. The molecule has 0 radical (unpaired) electrons. The minimum Gasteiger partial charge on any atom is -0.394 e. The van der Waals surface area contributed by atoms with Crippen LogP contribution >= 0.6 is 0 Å². The molecule has 2 saturated heterocycles. The van der Waals surface area contributed by atoms with Crippen LogP contribution in [0, 0.1) is 0 Å². The molecule has 10 atom stereocenters. The summed E-state index contributed by atoms with van der Waals surface area (Å²) in [6.45, 7) is -1.24. The van der Waals surface area contributed by atoms with Crippen LogP contribution in [0.3, 0.4) is 0 Å². The number of ether oxygens (including phenoxy) is 4. The lowest BCUT2D eigenvalue weighted by Gasteiger charge is -2.45. The second kappa shape index (κ2) is 8.29. The minimum absolute atomic E-state index is 0.592. The number of aliphatic hydroxyl groups excluding tert-OH is 7. The highest BCUT2D eigenvalue weighted by Gasteiger charge is 2.50. The molecule has 2 unspecified atom stereocenters. The Balaban J connectivity index is 2.12. The molecule has 2 aliphatic heterocycles. The highest BCUT2D eigenvalue weighted by molar-refractivity contribution is 4.93. The van der Waals surface area contributed by atoms with Gasteiger partial charge in [0.15, 0.2) is 12.6 Å². The molecule has 0 saturated carbocycles. The molecule has 0 bridgehead atoms. The van der Waals surface area contributed by atoms with Gasteiger partial charge in [-0.3, -0.25) is 0 Å². The van der Waals surface area contributed by atoms with Crippen molar-refractivity contribution in [2.24, 2.45) is 0 Å². The Morgan fingerprint density at radius 2 is 1.25 bits per heavy atom. The Kier molecular flexibility index (Phi) is 6.87. The van der Waals surface area contributed by atoms with Gasteiger partial charge < -0.3 is 54.7 Å². The Hall–Kier alpha value is -0.440. The van der Waals surface area contributed by atoms with Crippen molar-refractivity contribution in [1.82, 2.24) is 0 Å². The van der Waals surface area contributed by atoms with E-state index < -0.39 is 74.6 Å². The SMILES string of the molecule is CO[C@@H]1O[C@H](CO)C(OC2O[C@H](CO)[C@@H](O)[C@H](O)[C@H]2O)[C@H](O)[C@H]1O. The maximum Gasteiger partial charge on any atom is 0.187 e. The molecule has 0 aromatic heterocycles. The molecule has 142 valence electrons. The van der Waals surface area contributed by atoms with E-state index in [1.165, 1.54) is 7.11 Å². The largest absolute Gasteiger partial charge is 0.394 e. The molecule has 0 spiro atoms. The zero-order valence-corrected chi connectivity index (χ0v) is 13.0. The zero-order chi connectivity index (χ0) is 18.0. The van der Waals surface area contributed by atoms with E-state index in [4.69, 9.17) is 24.1 Å². The van der Waals surface area contributed by atoms with Gasteiger partial charge in [0.25, 0.3) is 0 Å². The first-order valence-electron chi connectivity index (χ1n) is 7.46. The molecule has 0 aromatic carbocycles. The van der Waals surface area contributed by atoms with Crippen molar-refractivity contribution in [3.05, 3.63) is 0 Å². The summed E-state index contributed by atoms with van der Waals surface area (Å²) in [4.78, 5) is 0. The van der Waals surface area contributed by atoms with Crippen LogP contribution in [-0.2, 0) is 18.9 Å². The molecule has 2 heterocycles. The minimum atomic E-state index is -1.69. The Morgan fingerprint density at radius 3 is 1.79 bits per heavy atom. The Morgan fingerprint density at radius 1 is 0.708 bits per heavy atom. The summed E-state index contributed by atoms with van der Waals surface area (Å²) in [5.41, 5.74) is 0. The summed E-state index contributed by atoms with van der Waals surface area (Å²) in [5, 5.41) is 68.0. The van der Waals surface area contributed by atoms with Gasteiger partial charge in [-0.25, -0.2) is 0 Å². The van der Waals surface area contributed by atoms with E-state index in [0.717, 1.165) is 0 Å². The van der Waals surface area contributed by atoms with E-state index >= 15 is 0 Å². The Bertz CT molecular complexity index is 392. The van der Waals surface area contributed by atoms with Crippen molar-refractivity contribution in [1.29, 1.82) is 0 Å². The quantitative estimate of drug-likeness (QED) is 0.251. The van der Waals surface area contributed by atoms with Crippen molar-refractivity contribution in [2.45, 2.75) is 61.4 Å². The van der Waals surface area contributed by atoms with Crippen LogP contribution in [0.25, 0.3) is 0 Å². The molecular weight excluding hydrogens is 332 g/mol. The molecule has 11 nitrogen and oxygen atoms in total. The van der Waals surface area contributed by atoms with Gasteiger partial charge in [0.1, 0.15) is 48.8 Å². The summed E-state index contributed by atoms with van der Waals surface area (Å²) < 4.78 is 20.6. The lowest BCUT2D eigenvalue weighted by molar-refractivity contribution is -0.357. The first-order valence-corrected chi connectivity index (χ1v) is 7.46. The molecule has 11 heteroatoms. The number of hydrogen-bond acceptors (Lipinski definition) is 11. The smallest absolute Gasteiger partial charge is 0.187 e. The third-order valence-electron chi connectivity index (χ3n) is 4.19. The van der Waals surface area contributed by atoms with Crippen molar-refractivity contribution in [3.63, 3.8) is 0 Å². The van der Waals surface area contributed by atoms with E-state index in [1.807, 2.05) is 0 Å². The van der Waals surface area contributed by atoms with Crippen LogP contribution in [0.5, 0.6) is 0 Å². The van der Waals surface area contributed by atoms with Gasteiger partial charge in [0.05, 0.1) is 13.2 Å². The lowest BCUT2D eigenvalue weighted by atomic mass is 9.97. The molecule has 0 aromatic rings. The van der Waals surface area contributed by atoms with Gasteiger partial charge >= 0.3 is 0 Å². The van der Waals surface area contributed by atoms with Crippen LogP contribution in [0.15, 0.2) is 0 Å². The van der Waals surface area contributed by atoms with E-state index in [2.05, 4.69) is 0 Å². The van der Waals surface area contributed by atoms with Crippen LogP contribution in [0.1, 0.15) is 0 Å². The normalized spacial score (nSPS) is 50.0. The van der Waals surface area contributed by atoms with Crippen LogP contribution in [-0.4, -0.2) is 117 Å². The third kappa shape index (κ3) is 3.71. The molecular formula is C13H24O11. The topological polar surface area (TPSA) is 179 Å². The first-order chi connectivity index (χ1) is 11.3. The first kappa shape index (κ1) is 19.9. The number of rotatable bonds is 5. The van der Waals surface area contributed by atoms with Crippen LogP contribution in [0.4, 0.5) is 0 Å². The van der Waals surface area contributed by atoms with Gasteiger partial charge in [-0.05, 0) is 0 Å². The lowest BCUT2D eigenvalue weighted by Crippen LogP contribution is -2.64. The molecule has 24 heavy (non-hydrogen) atoms. The standard InChI is InChI=1S/C13H24O11/c1-21-12-10(20)8(18)11(5(3-15)23-12)24-13-9(19)7(17)6(16)4(2-14)22-13/h4-20H,2-3H2,1H3/t4-,5-,6-,7+,8-,9-,10-,11?,12-,13?/m1/s1. The van der Waals surface area contributed by atoms with Gasteiger partial charge in [-0.1, -0.05) is 0 Å². The van der Waals surface area contributed by atoms with E-state index in [0.29, 0.717) is 0 Å². The zero-order valence-electron chi connectivity index (χ0n) is 13.0. The predicted octanol–water partition coefficient (Wildman–Crippen LogP) is -4.74. The summed E-state index contributed by atoms with van der Waals surface area (Å²) in [7, 11) is 1.24. The molecule has 2 fully saturated rings. The highest BCUT2D eigenvalue weighted by atomic mass is 16.7. The second-order valence-corrected chi connectivity index (χ2v) is 5.74. The average molecular weight is 356 g/mol.